The lowest BCUT2D eigenvalue weighted by Gasteiger charge is -2.32. The van der Waals surface area contributed by atoms with Crippen molar-refractivity contribution >= 4 is 5.97 Å². The molecule has 0 amide bonds. The van der Waals surface area contributed by atoms with Crippen molar-refractivity contribution in [3.05, 3.63) is 35.1 Å². The Bertz CT molecular complexity index is 493. The summed E-state index contributed by atoms with van der Waals surface area (Å²) in [6.07, 6.45) is 3.76. The normalized spacial score (nSPS) is 19.5. The largest absolute Gasteiger partial charge is 0.465 e. The van der Waals surface area contributed by atoms with Crippen molar-refractivity contribution in [2.45, 2.75) is 31.8 Å². The van der Waals surface area contributed by atoms with E-state index in [0.29, 0.717) is 12.6 Å². The van der Waals surface area contributed by atoms with Gasteiger partial charge in [-0.1, -0.05) is 12.5 Å². The van der Waals surface area contributed by atoms with Gasteiger partial charge in [0.1, 0.15) is 5.82 Å². The van der Waals surface area contributed by atoms with Gasteiger partial charge in [0.05, 0.1) is 12.7 Å². The summed E-state index contributed by atoms with van der Waals surface area (Å²) >= 11 is 0. The van der Waals surface area contributed by atoms with Crippen LogP contribution in [0.1, 0.15) is 35.2 Å². The molecule has 1 fully saturated rings. The molecule has 1 aliphatic heterocycles. The second-order valence-corrected chi connectivity index (χ2v) is 5.57. The van der Waals surface area contributed by atoms with Gasteiger partial charge in [0, 0.05) is 19.1 Å². The zero-order valence-electron chi connectivity index (χ0n) is 12.7. The second kappa shape index (κ2) is 7.52. The topological polar surface area (TPSA) is 41.6 Å². The third-order valence-corrected chi connectivity index (χ3v) is 4.07. The standard InChI is InChI=1S/C16H23FN2O2/c1-19-8-4-3-5-13(19)11-18-10-12-6-7-14(15(17)9-12)16(20)21-2/h6-7,9,13,18H,3-5,8,10-11H2,1-2H3. The molecule has 0 aliphatic carbocycles. The van der Waals surface area contributed by atoms with Crippen LogP contribution in [0.5, 0.6) is 0 Å². The molecule has 0 spiro atoms. The third kappa shape index (κ3) is 4.25. The first-order valence-electron chi connectivity index (χ1n) is 7.39. The molecule has 0 saturated carbocycles. The molecular formula is C16H23FN2O2. The number of rotatable bonds is 5. The first kappa shape index (κ1) is 15.9. The third-order valence-electron chi connectivity index (χ3n) is 4.07. The number of carbonyl (C=O) groups excluding carboxylic acids is 1. The highest BCUT2D eigenvalue weighted by molar-refractivity contribution is 5.89. The summed E-state index contributed by atoms with van der Waals surface area (Å²) in [5, 5.41) is 3.37. The van der Waals surface area contributed by atoms with Crippen LogP contribution >= 0.6 is 0 Å². The predicted octanol–water partition coefficient (Wildman–Crippen LogP) is 2.19. The molecule has 1 unspecified atom stereocenters. The lowest BCUT2D eigenvalue weighted by atomic mass is 10.0. The summed E-state index contributed by atoms with van der Waals surface area (Å²) in [4.78, 5) is 13.7. The van der Waals surface area contributed by atoms with E-state index in [1.54, 1.807) is 6.07 Å². The molecule has 0 aromatic heterocycles. The first-order chi connectivity index (χ1) is 10.1. The Morgan fingerprint density at radius 2 is 2.29 bits per heavy atom. The van der Waals surface area contributed by atoms with Crippen LogP contribution in [0.3, 0.4) is 0 Å². The highest BCUT2D eigenvalue weighted by Crippen LogP contribution is 2.15. The highest BCUT2D eigenvalue weighted by Gasteiger charge is 2.18. The van der Waals surface area contributed by atoms with Gasteiger partial charge in [0.25, 0.3) is 0 Å². The lowest BCUT2D eigenvalue weighted by molar-refractivity contribution is 0.0595. The van der Waals surface area contributed by atoms with E-state index in [2.05, 4.69) is 22.0 Å². The number of likely N-dealkylation sites (tertiary alicyclic amines) is 1. The minimum absolute atomic E-state index is 0.0201. The Morgan fingerprint density at radius 3 is 2.95 bits per heavy atom. The molecule has 1 atom stereocenters. The number of benzene rings is 1. The van der Waals surface area contributed by atoms with Crippen molar-refractivity contribution in [3.63, 3.8) is 0 Å². The van der Waals surface area contributed by atoms with Gasteiger partial charge in [-0.3, -0.25) is 0 Å². The number of nitrogens with one attached hydrogen (secondary N) is 1. The van der Waals surface area contributed by atoms with E-state index < -0.39 is 11.8 Å². The van der Waals surface area contributed by atoms with Gasteiger partial charge in [0.2, 0.25) is 0 Å². The average Bonchev–Trinajstić information content (AvgIpc) is 2.48. The van der Waals surface area contributed by atoms with E-state index in [0.717, 1.165) is 18.7 Å². The predicted molar refractivity (Wildman–Crippen MR) is 79.7 cm³/mol. The zero-order chi connectivity index (χ0) is 15.2. The molecule has 5 heteroatoms. The van der Waals surface area contributed by atoms with Gasteiger partial charge in [-0.2, -0.15) is 0 Å². The van der Waals surface area contributed by atoms with E-state index in [4.69, 9.17) is 0 Å². The molecule has 4 nitrogen and oxygen atoms in total. The summed E-state index contributed by atoms with van der Waals surface area (Å²) in [5.74, 6) is -1.17. The van der Waals surface area contributed by atoms with Gasteiger partial charge in [0.15, 0.2) is 0 Å². The zero-order valence-corrected chi connectivity index (χ0v) is 12.7. The number of hydrogen-bond acceptors (Lipinski definition) is 4. The fourth-order valence-corrected chi connectivity index (χ4v) is 2.73. The van der Waals surface area contributed by atoms with Crippen LogP contribution in [0.4, 0.5) is 4.39 Å². The molecule has 2 rings (SSSR count). The van der Waals surface area contributed by atoms with E-state index in [1.807, 2.05) is 0 Å². The maximum atomic E-state index is 13.8. The fourth-order valence-electron chi connectivity index (χ4n) is 2.73. The Hall–Kier alpha value is -1.46. The number of piperidine rings is 1. The number of nitrogens with zero attached hydrogens (tertiary/aromatic N) is 1. The maximum Gasteiger partial charge on any atom is 0.340 e. The van der Waals surface area contributed by atoms with Crippen molar-refractivity contribution in [2.24, 2.45) is 0 Å². The minimum atomic E-state index is -0.643. The Morgan fingerprint density at radius 1 is 1.48 bits per heavy atom. The number of methoxy groups -OCH3 is 1. The highest BCUT2D eigenvalue weighted by atomic mass is 19.1. The molecular weight excluding hydrogens is 271 g/mol. The Labute approximate surface area is 125 Å². The summed E-state index contributed by atoms with van der Waals surface area (Å²) in [7, 11) is 3.40. The van der Waals surface area contributed by atoms with Crippen LogP contribution in [0.25, 0.3) is 0 Å². The average molecular weight is 294 g/mol. The Balaban J connectivity index is 1.86. The molecule has 0 bridgehead atoms. The van der Waals surface area contributed by atoms with Crippen molar-refractivity contribution < 1.29 is 13.9 Å². The van der Waals surface area contributed by atoms with Crippen molar-refractivity contribution in [3.8, 4) is 0 Å². The van der Waals surface area contributed by atoms with Crippen molar-refractivity contribution in [1.82, 2.24) is 10.2 Å². The van der Waals surface area contributed by atoms with Crippen LogP contribution in [0, 0.1) is 5.82 Å². The number of carbonyl (C=O) groups is 1. The summed E-state index contributed by atoms with van der Waals surface area (Å²) in [5.41, 5.74) is 0.812. The van der Waals surface area contributed by atoms with Gasteiger partial charge in [-0.05, 0) is 44.1 Å². The molecule has 1 saturated heterocycles. The van der Waals surface area contributed by atoms with Gasteiger partial charge < -0.3 is 15.0 Å². The molecule has 1 heterocycles. The van der Waals surface area contributed by atoms with Crippen molar-refractivity contribution in [2.75, 3.05) is 27.2 Å². The number of esters is 1. The number of hydrogen-bond donors (Lipinski definition) is 1. The molecule has 0 radical (unpaired) electrons. The summed E-state index contributed by atoms with van der Waals surface area (Å²) < 4.78 is 18.3. The SMILES string of the molecule is COC(=O)c1ccc(CNCC2CCCCN2C)cc1F. The van der Waals surface area contributed by atoms with Crippen LogP contribution in [0.15, 0.2) is 18.2 Å². The number of likely N-dealkylation sites (N-methyl/N-ethyl adjacent to an activating group) is 1. The lowest BCUT2D eigenvalue weighted by Crippen LogP contribution is -2.42. The van der Waals surface area contributed by atoms with Crippen molar-refractivity contribution in [1.29, 1.82) is 0 Å². The molecule has 116 valence electrons. The summed E-state index contributed by atoms with van der Waals surface area (Å²) in [6, 6.07) is 5.18. The van der Waals surface area contributed by atoms with E-state index >= 15 is 0 Å². The van der Waals surface area contributed by atoms with Gasteiger partial charge in [-0.25, -0.2) is 9.18 Å². The van der Waals surface area contributed by atoms with Crippen LogP contribution in [-0.4, -0.2) is 44.2 Å². The molecule has 1 aromatic rings. The van der Waals surface area contributed by atoms with E-state index in [1.165, 1.54) is 38.5 Å². The fraction of sp³-hybridized carbons (Fsp3) is 0.562. The van der Waals surface area contributed by atoms with E-state index in [9.17, 15) is 9.18 Å². The van der Waals surface area contributed by atoms with Gasteiger partial charge >= 0.3 is 5.97 Å². The smallest absolute Gasteiger partial charge is 0.340 e. The summed E-state index contributed by atoms with van der Waals surface area (Å²) in [6.45, 7) is 2.65. The quantitative estimate of drug-likeness (QED) is 0.845. The van der Waals surface area contributed by atoms with Crippen LogP contribution < -0.4 is 5.32 Å². The molecule has 1 aliphatic rings. The minimum Gasteiger partial charge on any atom is -0.465 e. The van der Waals surface area contributed by atoms with Gasteiger partial charge in [-0.15, -0.1) is 0 Å². The first-order valence-corrected chi connectivity index (χ1v) is 7.39. The molecule has 21 heavy (non-hydrogen) atoms. The Kier molecular flexibility index (Phi) is 5.70. The molecule has 1 aromatic carbocycles. The van der Waals surface area contributed by atoms with E-state index in [-0.39, 0.29) is 5.56 Å². The second-order valence-electron chi connectivity index (χ2n) is 5.57. The number of ether oxygens (including phenoxy) is 1. The van der Waals surface area contributed by atoms with Crippen LogP contribution in [-0.2, 0) is 11.3 Å². The monoisotopic (exact) mass is 294 g/mol. The number of halogens is 1. The van der Waals surface area contributed by atoms with Crippen LogP contribution in [0.2, 0.25) is 0 Å². The maximum absolute atomic E-state index is 13.8. The molecule has 1 N–H and O–H groups in total.